The summed E-state index contributed by atoms with van der Waals surface area (Å²) in [6, 6.07) is 0.728. The van der Waals surface area contributed by atoms with E-state index >= 15 is 0 Å². The number of benzene rings is 1. The van der Waals surface area contributed by atoms with Crippen LogP contribution in [0.1, 0.15) is 5.56 Å². The lowest BCUT2D eigenvalue weighted by molar-refractivity contribution is 0.123. The van der Waals surface area contributed by atoms with Crippen molar-refractivity contribution >= 4 is 8.80 Å². The Morgan fingerprint density at radius 3 is 1.89 bits per heavy atom. The van der Waals surface area contributed by atoms with Crippen molar-refractivity contribution in [1.82, 2.24) is 0 Å². The molecule has 0 radical (unpaired) electrons. The first kappa shape index (κ1) is 16.1. The first-order chi connectivity index (χ1) is 8.90. The molecular weight excluding hydrogens is 284 g/mol. The van der Waals surface area contributed by atoms with E-state index in [1.165, 1.54) is 21.3 Å². The molecule has 0 fully saturated rings. The van der Waals surface area contributed by atoms with Crippen molar-refractivity contribution in [3.63, 3.8) is 0 Å². The van der Waals surface area contributed by atoms with Crippen molar-refractivity contribution in [3.8, 4) is 0 Å². The summed E-state index contributed by atoms with van der Waals surface area (Å²) in [4.78, 5) is 0. The summed E-state index contributed by atoms with van der Waals surface area (Å²) in [6.07, 6.45) is -0.0955. The molecule has 1 rings (SSSR count). The second-order valence-electron chi connectivity index (χ2n) is 3.75. The van der Waals surface area contributed by atoms with Crippen molar-refractivity contribution in [2.45, 2.75) is 12.5 Å². The number of rotatable bonds is 6. The molecule has 0 saturated carbocycles. The van der Waals surface area contributed by atoms with E-state index in [-0.39, 0.29) is 18.0 Å². The van der Waals surface area contributed by atoms with Crippen LogP contribution in [-0.2, 0) is 19.7 Å². The van der Waals surface area contributed by atoms with Gasteiger partial charge in [-0.2, -0.15) is 0 Å². The van der Waals surface area contributed by atoms with Gasteiger partial charge >= 0.3 is 8.80 Å². The Morgan fingerprint density at radius 1 is 0.895 bits per heavy atom. The van der Waals surface area contributed by atoms with E-state index < -0.39 is 32.1 Å². The average Bonchev–Trinajstić information content (AvgIpc) is 2.43. The van der Waals surface area contributed by atoms with Gasteiger partial charge in [-0.1, -0.05) is 0 Å². The van der Waals surface area contributed by atoms with Crippen LogP contribution >= 0.6 is 0 Å². The molecule has 0 aliphatic heterocycles. The summed E-state index contributed by atoms with van der Waals surface area (Å²) in [5.41, 5.74) is -0.292. The Labute approximate surface area is 109 Å². The molecular formula is C11H14F4O3Si. The molecule has 3 nitrogen and oxygen atoms in total. The van der Waals surface area contributed by atoms with Gasteiger partial charge in [0.15, 0.2) is 23.3 Å². The van der Waals surface area contributed by atoms with Gasteiger partial charge in [-0.25, -0.2) is 17.6 Å². The van der Waals surface area contributed by atoms with Gasteiger partial charge in [-0.05, 0) is 18.1 Å². The third-order valence-electron chi connectivity index (χ3n) is 2.81. The first-order valence-electron chi connectivity index (χ1n) is 5.38. The summed E-state index contributed by atoms with van der Waals surface area (Å²) >= 11 is 0. The second kappa shape index (κ2) is 6.46. The van der Waals surface area contributed by atoms with Crippen molar-refractivity contribution in [2.24, 2.45) is 0 Å². The lowest BCUT2D eigenvalue weighted by Crippen LogP contribution is -2.43. The second-order valence-corrected chi connectivity index (χ2v) is 6.85. The van der Waals surface area contributed by atoms with Crippen LogP contribution in [0.5, 0.6) is 0 Å². The van der Waals surface area contributed by atoms with Gasteiger partial charge in [-0.3, -0.25) is 0 Å². The SMILES string of the molecule is CO[Si](CCc1cc(F)c(F)c(F)c1F)(OC)OC. The Bertz CT molecular complexity index is 444. The average molecular weight is 298 g/mol. The fourth-order valence-electron chi connectivity index (χ4n) is 1.65. The molecule has 0 aromatic heterocycles. The highest BCUT2D eigenvalue weighted by atomic mass is 28.4. The first-order valence-corrected chi connectivity index (χ1v) is 7.31. The Balaban J connectivity index is 2.95. The predicted molar refractivity (Wildman–Crippen MR) is 61.6 cm³/mol. The van der Waals surface area contributed by atoms with Crippen LogP contribution < -0.4 is 0 Å². The lowest BCUT2D eigenvalue weighted by Gasteiger charge is -2.24. The maximum Gasteiger partial charge on any atom is 0.500 e. The highest BCUT2D eigenvalue weighted by Gasteiger charge is 2.37. The van der Waals surface area contributed by atoms with E-state index in [1.54, 1.807) is 0 Å². The summed E-state index contributed by atoms with van der Waals surface area (Å²) in [5.74, 6) is -6.50. The van der Waals surface area contributed by atoms with Crippen molar-refractivity contribution in [1.29, 1.82) is 0 Å². The van der Waals surface area contributed by atoms with Gasteiger partial charge in [0, 0.05) is 27.4 Å². The molecule has 19 heavy (non-hydrogen) atoms. The zero-order valence-corrected chi connectivity index (χ0v) is 11.7. The van der Waals surface area contributed by atoms with E-state index in [2.05, 4.69) is 0 Å². The van der Waals surface area contributed by atoms with E-state index in [1.807, 2.05) is 0 Å². The number of halogens is 4. The number of hydrogen-bond acceptors (Lipinski definition) is 3. The molecule has 8 heteroatoms. The predicted octanol–water partition coefficient (Wildman–Crippen LogP) is 2.66. The third-order valence-corrected chi connectivity index (χ3v) is 5.54. The quantitative estimate of drug-likeness (QED) is 0.350. The molecule has 0 amide bonds. The highest BCUT2D eigenvalue weighted by molar-refractivity contribution is 6.60. The van der Waals surface area contributed by atoms with Gasteiger partial charge < -0.3 is 13.3 Å². The molecule has 0 unspecified atom stereocenters. The lowest BCUT2D eigenvalue weighted by atomic mass is 10.1. The fourth-order valence-corrected chi connectivity index (χ4v) is 3.34. The zero-order chi connectivity index (χ0) is 14.6. The normalized spacial score (nSPS) is 11.9. The molecule has 0 spiro atoms. The molecule has 0 aliphatic rings. The van der Waals surface area contributed by atoms with Gasteiger partial charge in [-0.15, -0.1) is 0 Å². The van der Waals surface area contributed by atoms with Crippen LogP contribution in [-0.4, -0.2) is 30.1 Å². The molecule has 1 aromatic rings. The Kier molecular flexibility index (Phi) is 5.47. The van der Waals surface area contributed by atoms with Crippen LogP contribution in [0.4, 0.5) is 17.6 Å². The van der Waals surface area contributed by atoms with Crippen molar-refractivity contribution in [2.75, 3.05) is 21.3 Å². The van der Waals surface area contributed by atoms with Gasteiger partial charge in [0.05, 0.1) is 0 Å². The molecule has 0 atom stereocenters. The monoisotopic (exact) mass is 298 g/mol. The molecule has 0 aliphatic carbocycles. The molecule has 1 aromatic carbocycles. The van der Waals surface area contributed by atoms with E-state index in [0.29, 0.717) is 6.07 Å². The number of hydrogen-bond donors (Lipinski definition) is 0. The Hall–Kier alpha value is -0.963. The third kappa shape index (κ3) is 3.33. The molecule has 108 valence electrons. The fraction of sp³-hybridized carbons (Fsp3) is 0.455. The van der Waals surface area contributed by atoms with Gasteiger partial charge in [0.1, 0.15) is 0 Å². The van der Waals surface area contributed by atoms with Crippen molar-refractivity contribution in [3.05, 3.63) is 34.9 Å². The van der Waals surface area contributed by atoms with Crippen LogP contribution in [0.25, 0.3) is 0 Å². The van der Waals surface area contributed by atoms with E-state index in [0.717, 1.165) is 0 Å². The topological polar surface area (TPSA) is 27.7 Å². The van der Waals surface area contributed by atoms with Crippen LogP contribution in [0, 0.1) is 23.3 Å². The van der Waals surface area contributed by atoms with Gasteiger partial charge in [0.2, 0.25) is 0 Å². The van der Waals surface area contributed by atoms with Crippen LogP contribution in [0.2, 0.25) is 6.04 Å². The van der Waals surface area contributed by atoms with Crippen molar-refractivity contribution < 1.29 is 30.8 Å². The van der Waals surface area contributed by atoms with E-state index in [9.17, 15) is 17.6 Å². The van der Waals surface area contributed by atoms with Crippen LogP contribution in [0.3, 0.4) is 0 Å². The minimum Gasteiger partial charge on any atom is -0.377 e. The minimum absolute atomic E-state index is 0.0955. The molecule has 0 N–H and O–H groups in total. The van der Waals surface area contributed by atoms with Gasteiger partial charge in [0.25, 0.3) is 0 Å². The molecule has 0 bridgehead atoms. The Morgan fingerprint density at radius 2 is 1.42 bits per heavy atom. The maximum atomic E-state index is 13.4. The highest BCUT2D eigenvalue weighted by Crippen LogP contribution is 2.23. The summed E-state index contributed by atoms with van der Waals surface area (Å²) in [6.45, 7) is 0. The maximum absolute atomic E-state index is 13.4. The minimum atomic E-state index is -2.98. The summed E-state index contributed by atoms with van der Waals surface area (Å²) in [7, 11) is 1.11. The largest absolute Gasteiger partial charge is 0.500 e. The standard InChI is InChI=1S/C11H14F4O3Si/c1-16-19(17-2,18-3)5-4-7-6-8(12)10(14)11(15)9(7)13/h6H,4-5H2,1-3H3. The summed E-state index contributed by atoms with van der Waals surface area (Å²) in [5, 5.41) is 0. The van der Waals surface area contributed by atoms with Crippen LogP contribution in [0.15, 0.2) is 6.07 Å². The molecule has 0 saturated heterocycles. The molecule has 0 heterocycles. The summed E-state index contributed by atoms with van der Waals surface area (Å²) < 4.78 is 67.6. The van der Waals surface area contributed by atoms with E-state index in [4.69, 9.17) is 13.3 Å². The number of aryl methyl sites for hydroxylation is 1. The zero-order valence-electron chi connectivity index (χ0n) is 10.7. The smallest absolute Gasteiger partial charge is 0.377 e.